The van der Waals surface area contributed by atoms with Crippen molar-refractivity contribution in [3.63, 3.8) is 0 Å². The second kappa shape index (κ2) is 6.84. The molecule has 3 aromatic rings. The highest BCUT2D eigenvalue weighted by atomic mass is 127. The highest BCUT2D eigenvalue weighted by Gasteiger charge is 2.14. The van der Waals surface area contributed by atoms with Crippen LogP contribution in [0.15, 0.2) is 63.5 Å². The lowest BCUT2D eigenvalue weighted by Crippen LogP contribution is -2.12. The van der Waals surface area contributed by atoms with Gasteiger partial charge in [0.15, 0.2) is 5.76 Å². The molecule has 0 aliphatic heterocycles. The molecule has 6 heteroatoms. The molecule has 1 amide bonds. The third kappa shape index (κ3) is 3.81. The van der Waals surface area contributed by atoms with Crippen LogP contribution in [0.2, 0.25) is 0 Å². The fourth-order valence-corrected chi connectivity index (χ4v) is 2.72. The van der Waals surface area contributed by atoms with E-state index in [1.165, 1.54) is 12.1 Å². The molecule has 3 rings (SSSR count). The molecule has 0 saturated carbocycles. The van der Waals surface area contributed by atoms with E-state index in [1.54, 1.807) is 18.2 Å². The summed E-state index contributed by atoms with van der Waals surface area (Å²) in [6.07, 6.45) is 0. The van der Waals surface area contributed by atoms with Crippen molar-refractivity contribution < 1.29 is 13.6 Å². The summed E-state index contributed by atoms with van der Waals surface area (Å²) >= 11 is 5.37. The molecule has 1 heterocycles. The Labute approximate surface area is 154 Å². The highest BCUT2D eigenvalue weighted by Crippen LogP contribution is 2.25. The predicted molar refractivity (Wildman–Crippen MR) is 98.9 cm³/mol. The van der Waals surface area contributed by atoms with Gasteiger partial charge in [-0.3, -0.25) is 4.79 Å². The van der Waals surface area contributed by atoms with E-state index in [9.17, 15) is 9.18 Å². The van der Waals surface area contributed by atoms with Crippen LogP contribution in [0.25, 0.3) is 11.3 Å². The van der Waals surface area contributed by atoms with Gasteiger partial charge in [0.05, 0.1) is 5.69 Å². The van der Waals surface area contributed by atoms with Crippen LogP contribution in [0.1, 0.15) is 10.6 Å². The fourth-order valence-electron chi connectivity index (χ4n) is 2.00. The quantitative estimate of drug-likeness (QED) is 0.483. The molecule has 1 aromatic heterocycles. The second-order valence-corrected chi connectivity index (χ2v) is 6.91. The lowest BCUT2D eigenvalue weighted by molar-refractivity contribution is 0.0997. The van der Waals surface area contributed by atoms with Gasteiger partial charge < -0.3 is 9.73 Å². The number of rotatable bonds is 3. The minimum atomic E-state index is -0.492. The summed E-state index contributed by atoms with van der Waals surface area (Å²) in [6.45, 7) is 0. The van der Waals surface area contributed by atoms with E-state index in [2.05, 4.69) is 21.2 Å². The van der Waals surface area contributed by atoms with Gasteiger partial charge >= 0.3 is 0 Å². The van der Waals surface area contributed by atoms with Gasteiger partial charge in [-0.15, -0.1) is 0 Å². The maximum Gasteiger partial charge on any atom is 0.291 e. The van der Waals surface area contributed by atoms with Crippen LogP contribution in [-0.4, -0.2) is 5.91 Å². The number of nitrogens with one attached hydrogen (secondary N) is 1. The molecule has 0 fully saturated rings. The largest absolute Gasteiger partial charge is 0.451 e. The van der Waals surface area contributed by atoms with Crippen molar-refractivity contribution in [1.29, 1.82) is 0 Å². The minimum Gasteiger partial charge on any atom is -0.451 e. The molecule has 2 aromatic carbocycles. The zero-order valence-electron chi connectivity index (χ0n) is 11.6. The van der Waals surface area contributed by atoms with E-state index in [4.69, 9.17) is 4.42 Å². The lowest BCUT2D eigenvalue weighted by atomic mass is 10.2. The van der Waals surface area contributed by atoms with Crippen LogP contribution in [-0.2, 0) is 0 Å². The summed E-state index contributed by atoms with van der Waals surface area (Å²) in [6, 6.07) is 15.4. The van der Waals surface area contributed by atoms with Crippen molar-refractivity contribution in [2.45, 2.75) is 0 Å². The Kier molecular flexibility index (Phi) is 4.82. The van der Waals surface area contributed by atoms with Crippen LogP contribution in [0.4, 0.5) is 10.1 Å². The van der Waals surface area contributed by atoms with Crippen molar-refractivity contribution in [1.82, 2.24) is 0 Å². The number of carbonyl (C=O) groups excluding carboxylic acids is 1. The third-order valence-corrected chi connectivity index (χ3v) is 4.34. The molecular formula is C17H10BrFINO2. The summed E-state index contributed by atoms with van der Waals surface area (Å²) in [5.41, 5.74) is 0.977. The molecule has 116 valence electrons. The fraction of sp³-hybridized carbons (Fsp3) is 0. The Balaban J connectivity index is 1.79. The van der Waals surface area contributed by atoms with E-state index in [0.29, 0.717) is 5.76 Å². The van der Waals surface area contributed by atoms with Gasteiger partial charge in [-0.25, -0.2) is 4.39 Å². The topological polar surface area (TPSA) is 42.2 Å². The monoisotopic (exact) mass is 485 g/mol. The van der Waals surface area contributed by atoms with Crippen molar-refractivity contribution in [2.75, 3.05) is 5.32 Å². The van der Waals surface area contributed by atoms with Crippen LogP contribution < -0.4 is 5.32 Å². The SMILES string of the molecule is O=C(Nc1ccc(I)cc1F)c1ccc(-c2ccc(Br)cc2)o1. The van der Waals surface area contributed by atoms with Crippen molar-refractivity contribution in [3.8, 4) is 11.3 Å². The van der Waals surface area contributed by atoms with Crippen molar-refractivity contribution in [3.05, 3.63) is 74.2 Å². The average molecular weight is 486 g/mol. The number of carbonyl (C=O) groups is 1. The van der Waals surface area contributed by atoms with Gasteiger partial charge in [0, 0.05) is 13.6 Å². The van der Waals surface area contributed by atoms with Gasteiger partial charge in [0.25, 0.3) is 5.91 Å². The molecule has 0 radical (unpaired) electrons. The average Bonchev–Trinajstić information content (AvgIpc) is 3.01. The number of halogens is 3. The van der Waals surface area contributed by atoms with E-state index in [1.807, 2.05) is 46.9 Å². The molecule has 0 aliphatic carbocycles. The minimum absolute atomic E-state index is 0.122. The molecule has 0 bridgehead atoms. The molecule has 0 atom stereocenters. The third-order valence-electron chi connectivity index (χ3n) is 3.14. The zero-order chi connectivity index (χ0) is 16.4. The molecule has 0 aliphatic rings. The molecular weight excluding hydrogens is 476 g/mol. The normalized spacial score (nSPS) is 10.6. The first-order valence-electron chi connectivity index (χ1n) is 6.65. The number of anilines is 1. The Bertz CT molecular complexity index is 861. The van der Waals surface area contributed by atoms with Gasteiger partial charge in [-0.05, 0) is 65.1 Å². The first kappa shape index (κ1) is 16.2. The maximum atomic E-state index is 13.8. The number of benzene rings is 2. The number of hydrogen-bond donors (Lipinski definition) is 1. The van der Waals surface area contributed by atoms with Gasteiger partial charge in [0.2, 0.25) is 0 Å². The smallest absolute Gasteiger partial charge is 0.291 e. The molecule has 3 nitrogen and oxygen atoms in total. The summed E-state index contributed by atoms with van der Waals surface area (Å²) in [5, 5.41) is 2.51. The van der Waals surface area contributed by atoms with E-state index >= 15 is 0 Å². The van der Waals surface area contributed by atoms with Crippen LogP contribution >= 0.6 is 38.5 Å². The lowest BCUT2D eigenvalue weighted by Gasteiger charge is -2.05. The Morgan fingerprint density at radius 1 is 1.09 bits per heavy atom. The molecule has 0 spiro atoms. The second-order valence-electron chi connectivity index (χ2n) is 4.75. The standard InChI is InChI=1S/C17H10BrFINO2/c18-11-3-1-10(2-4-11)15-7-8-16(23-15)17(22)21-14-6-5-12(20)9-13(14)19/h1-9H,(H,21,22). The Morgan fingerprint density at radius 3 is 2.52 bits per heavy atom. The van der Waals surface area contributed by atoms with Gasteiger partial charge in [-0.1, -0.05) is 28.1 Å². The molecule has 1 N–H and O–H groups in total. The molecule has 0 unspecified atom stereocenters. The maximum absolute atomic E-state index is 13.8. The van der Waals surface area contributed by atoms with E-state index < -0.39 is 11.7 Å². The summed E-state index contributed by atoms with van der Waals surface area (Å²) in [7, 11) is 0. The highest BCUT2D eigenvalue weighted by molar-refractivity contribution is 14.1. The molecule has 0 saturated heterocycles. The van der Waals surface area contributed by atoms with Crippen molar-refractivity contribution in [2.24, 2.45) is 0 Å². The number of hydrogen-bond acceptors (Lipinski definition) is 2. The zero-order valence-corrected chi connectivity index (χ0v) is 15.4. The first-order chi connectivity index (χ1) is 11.0. The van der Waals surface area contributed by atoms with Crippen LogP contribution in [0.3, 0.4) is 0 Å². The Hall–Kier alpha value is -1.67. The first-order valence-corrected chi connectivity index (χ1v) is 8.52. The summed E-state index contributed by atoms with van der Waals surface area (Å²) in [4.78, 5) is 12.2. The van der Waals surface area contributed by atoms with Gasteiger partial charge in [0.1, 0.15) is 11.6 Å². The van der Waals surface area contributed by atoms with E-state index in [0.717, 1.165) is 13.6 Å². The summed E-state index contributed by atoms with van der Waals surface area (Å²) in [5.74, 6) is -0.273. The van der Waals surface area contributed by atoms with Crippen LogP contribution in [0.5, 0.6) is 0 Å². The predicted octanol–water partition coefficient (Wildman–Crippen LogP) is 5.71. The van der Waals surface area contributed by atoms with Crippen LogP contribution in [0, 0.1) is 9.39 Å². The van der Waals surface area contributed by atoms with E-state index in [-0.39, 0.29) is 11.4 Å². The Morgan fingerprint density at radius 2 is 1.83 bits per heavy atom. The summed E-state index contributed by atoms with van der Waals surface area (Å²) < 4.78 is 21.1. The molecule has 23 heavy (non-hydrogen) atoms. The number of amides is 1. The number of furan rings is 1. The van der Waals surface area contributed by atoms with Crippen molar-refractivity contribution >= 4 is 50.1 Å². The van der Waals surface area contributed by atoms with Gasteiger partial charge in [-0.2, -0.15) is 0 Å².